The number of methoxy groups -OCH3 is 1. The molecule has 0 aliphatic heterocycles. The molecule has 1 aromatic carbocycles. The van der Waals surface area contributed by atoms with Crippen LogP contribution in [0.3, 0.4) is 0 Å². The lowest BCUT2D eigenvalue weighted by Gasteiger charge is -2.11. The molecule has 4 nitrogen and oxygen atoms in total. The van der Waals surface area contributed by atoms with Crippen molar-refractivity contribution in [2.45, 2.75) is 19.4 Å². The summed E-state index contributed by atoms with van der Waals surface area (Å²) in [6, 6.07) is 8.82. The second kappa shape index (κ2) is 5.90. The molecule has 0 saturated heterocycles. The summed E-state index contributed by atoms with van der Waals surface area (Å²) in [6.45, 7) is 1.68. The molecule has 0 bridgehead atoms. The van der Waals surface area contributed by atoms with E-state index in [1.807, 2.05) is 30.3 Å². The molecule has 0 heterocycles. The minimum Gasteiger partial charge on any atom is -0.624 e. The van der Waals surface area contributed by atoms with Crippen LogP contribution in [0.1, 0.15) is 18.9 Å². The van der Waals surface area contributed by atoms with E-state index in [1.54, 1.807) is 6.92 Å². The molecule has 1 aromatic rings. The van der Waals surface area contributed by atoms with E-state index in [9.17, 15) is 10.0 Å². The molecule has 4 heteroatoms. The summed E-state index contributed by atoms with van der Waals surface area (Å²) >= 11 is 0. The van der Waals surface area contributed by atoms with Crippen molar-refractivity contribution < 1.29 is 14.3 Å². The fraction of sp³-hybridized carbons (Fsp3) is 0.333. The average molecular weight is 221 g/mol. The van der Waals surface area contributed by atoms with Gasteiger partial charge in [-0.25, -0.2) is 4.74 Å². The van der Waals surface area contributed by atoms with Crippen LogP contribution in [0.25, 0.3) is 0 Å². The minimum absolute atomic E-state index is 0.0866. The van der Waals surface area contributed by atoms with Crippen molar-refractivity contribution in [3.05, 3.63) is 41.1 Å². The molecule has 16 heavy (non-hydrogen) atoms. The zero-order valence-corrected chi connectivity index (χ0v) is 9.42. The second-order valence-electron chi connectivity index (χ2n) is 3.53. The average Bonchev–Trinajstić information content (AvgIpc) is 2.30. The fourth-order valence-electron chi connectivity index (χ4n) is 1.23. The van der Waals surface area contributed by atoms with Gasteiger partial charge in [0.25, 0.3) is 0 Å². The van der Waals surface area contributed by atoms with Crippen molar-refractivity contribution in [1.29, 1.82) is 0 Å². The Morgan fingerprint density at radius 1 is 1.50 bits per heavy atom. The molecule has 0 N–H and O–H groups in total. The summed E-state index contributed by atoms with van der Waals surface area (Å²) in [4.78, 5) is 11.0. The Balaban J connectivity index is 2.66. The first-order chi connectivity index (χ1) is 7.63. The first-order valence-corrected chi connectivity index (χ1v) is 5.05. The highest BCUT2D eigenvalue weighted by atomic mass is 16.5. The van der Waals surface area contributed by atoms with Crippen molar-refractivity contribution in [2.75, 3.05) is 7.11 Å². The number of carbonyl (C=O) groups excluding carboxylic acids is 1. The van der Waals surface area contributed by atoms with Gasteiger partial charge in [-0.3, -0.25) is 4.79 Å². The number of ether oxygens (including phenoxy) is 1. The minimum atomic E-state index is -0.423. The number of benzene rings is 1. The predicted octanol–water partition coefficient (Wildman–Crippen LogP) is 1.57. The van der Waals surface area contributed by atoms with Crippen LogP contribution >= 0.6 is 0 Å². The number of esters is 1. The summed E-state index contributed by atoms with van der Waals surface area (Å²) in [7, 11) is 1.31. The maximum atomic E-state index is 11.6. The van der Waals surface area contributed by atoms with Crippen LogP contribution < -0.4 is 0 Å². The standard InChI is InChI=1S/C12H15NO3/c1-10(8-12(14)16-2)13(15)9-11-6-4-3-5-7-11/h3-7,9-10H,8H2,1-2H3. The highest BCUT2D eigenvalue weighted by Gasteiger charge is 2.14. The van der Waals surface area contributed by atoms with Crippen LogP contribution in [-0.2, 0) is 9.53 Å². The van der Waals surface area contributed by atoms with Gasteiger partial charge in [0, 0.05) is 5.56 Å². The van der Waals surface area contributed by atoms with Gasteiger partial charge in [-0.1, -0.05) is 18.2 Å². The van der Waals surface area contributed by atoms with Gasteiger partial charge in [-0.05, 0) is 19.1 Å². The van der Waals surface area contributed by atoms with Crippen molar-refractivity contribution in [3.8, 4) is 0 Å². The van der Waals surface area contributed by atoms with E-state index in [0.29, 0.717) is 0 Å². The van der Waals surface area contributed by atoms with Gasteiger partial charge in [0.05, 0.1) is 7.11 Å². The summed E-state index contributed by atoms with van der Waals surface area (Å²) in [5.74, 6) is -0.380. The second-order valence-corrected chi connectivity index (χ2v) is 3.53. The lowest BCUT2D eigenvalue weighted by molar-refractivity contribution is -0.491. The lowest BCUT2D eigenvalue weighted by Crippen LogP contribution is -2.23. The Labute approximate surface area is 94.7 Å². The van der Waals surface area contributed by atoms with Crippen LogP contribution in [0.2, 0.25) is 0 Å². The zero-order valence-electron chi connectivity index (χ0n) is 9.42. The summed E-state index contributed by atoms with van der Waals surface area (Å²) < 4.78 is 5.27. The predicted molar refractivity (Wildman–Crippen MR) is 61.3 cm³/mol. The molecule has 0 aromatic heterocycles. The smallest absolute Gasteiger partial charge is 0.312 e. The molecule has 0 radical (unpaired) electrons. The number of carbonyl (C=O) groups is 1. The molecule has 0 aliphatic carbocycles. The number of nitrogens with zero attached hydrogens (tertiary/aromatic N) is 1. The Morgan fingerprint density at radius 2 is 2.12 bits per heavy atom. The molecule has 1 rings (SSSR count). The van der Waals surface area contributed by atoms with Gasteiger partial charge in [-0.15, -0.1) is 0 Å². The van der Waals surface area contributed by atoms with Crippen molar-refractivity contribution in [3.63, 3.8) is 0 Å². The van der Waals surface area contributed by atoms with E-state index in [2.05, 4.69) is 4.74 Å². The number of hydrogen-bond donors (Lipinski definition) is 0. The maximum Gasteiger partial charge on any atom is 0.312 e. The van der Waals surface area contributed by atoms with Crippen LogP contribution in [0, 0.1) is 5.21 Å². The van der Waals surface area contributed by atoms with Crippen molar-refractivity contribution in [1.82, 2.24) is 0 Å². The van der Waals surface area contributed by atoms with Crippen LogP contribution in [0.4, 0.5) is 0 Å². The molecule has 0 saturated carbocycles. The third kappa shape index (κ3) is 3.73. The van der Waals surface area contributed by atoms with E-state index >= 15 is 0 Å². The zero-order chi connectivity index (χ0) is 12.0. The number of hydroxylamine groups is 1. The SMILES string of the molecule is COC(=O)CC(C)[N+]([O-])=Cc1ccccc1. The highest BCUT2D eigenvalue weighted by molar-refractivity contribution is 5.75. The molecule has 1 unspecified atom stereocenters. The Morgan fingerprint density at radius 3 is 2.69 bits per heavy atom. The molecule has 0 aliphatic rings. The Hall–Kier alpha value is -1.84. The number of hydrogen-bond acceptors (Lipinski definition) is 3. The van der Waals surface area contributed by atoms with Gasteiger partial charge in [-0.2, -0.15) is 0 Å². The van der Waals surface area contributed by atoms with Crippen molar-refractivity contribution in [2.24, 2.45) is 0 Å². The monoisotopic (exact) mass is 221 g/mol. The van der Waals surface area contributed by atoms with E-state index in [0.717, 1.165) is 10.3 Å². The van der Waals surface area contributed by atoms with Crippen LogP contribution in [0.15, 0.2) is 30.3 Å². The summed E-state index contributed by atoms with van der Waals surface area (Å²) in [5.41, 5.74) is 0.814. The third-order valence-corrected chi connectivity index (χ3v) is 2.20. The van der Waals surface area contributed by atoms with Crippen LogP contribution in [0.5, 0.6) is 0 Å². The van der Waals surface area contributed by atoms with Gasteiger partial charge in [0.15, 0.2) is 12.3 Å². The largest absolute Gasteiger partial charge is 0.624 e. The summed E-state index contributed by atoms with van der Waals surface area (Å²) in [6.07, 6.45) is 1.55. The van der Waals surface area contributed by atoms with Gasteiger partial charge in [0.1, 0.15) is 6.42 Å². The van der Waals surface area contributed by atoms with E-state index in [4.69, 9.17) is 0 Å². The van der Waals surface area contributed by atoms with E-state index in [-0.39, 0.29) is 12.4 Å². The topological polar surface area (TPSA) is 52.4 Å². The highest BCUT2D eigenvalue weighted by Crippen LogP contribution is 2.00. The number of rotatable bonds is 4. The third-order valence-electron chi connectivity index (χ3n) is 2.20. The fourth-order valence-corrected chi connectivity index (χ4v) is 1.23. The Bertz CT molecular complexity index is 373. The van der Waals surface area contributed by atoms with Crippen molar-refractivity contribution >= 4 is 12.2 Å². The molecule has 86 valence electrons. The first kappa shape index (κ1) is 12.2. The van der Waals surface area contributed by atoms with Crippen LogP contribution in [-0.4, -0.2) is 30.1 Å². The van der Waals surface area contributed by atoms with Gasteiger partial charge in [0.2, 0.25) is 0 Å². The van der Waals surface area contributed by atoms with Gasteiger partial charge >= 0.3 is 5.97 Å². The molecule has 1 atom stereocenters. The quantitative estimate of drug-likeness (QED) is 0.255. The molecular formula is C12H15NO3. The Kier molecular flexibility index (Phi) is 4.51. The first-order valence-electron chi connectivity index (χ1n) is 5.05. The molecule has 0 spiro atoms. The normalized spacial score (nSPS) is 13.2. The van der Waals surface area contributed by atoms with E-state index in [1.165, 1.54) is 13.3 Å². The van der Waals surface area contributed by atoms with Gasteiger partial charge < -0.3 is 9.94 Å². The maximum absolute atomic E-state index is 11.6. The molecule has 0 amide bonds. The van der Waals surface area contributed by atoms with E-state index < -0.39 is 6.04 Å². The molecule has 0 fully saturated rings. The molecular weight excluding hydrogens is 206 g/mol. The lowest BCUT2D eigenvalue weighted by atomic mass is 10.2. The summed E-state index contributed by atoms with van der Waals surface area (Å²) in [5, 5.41) is 11.6.